The molecule has 1 saturated heterocycles. The van der Waals surface area contributed by atoms with E-state index in [1.165, 1.54) is 28.4 Å². The van der Waals surface area contributed by atoms with Crippen molar-refractivity contribution in [3.63, 3.8) is 0 Å². The Morgan fingerprint density at radius 1 is 0.920 bits per heavy atom. The van der Waals surface area contributed by atoms with Crippen LogP contribution in [0, 0.1) is 28.6 Å². The monoisotopic (exact) mass is 718 g/mol. The zero-order valence-corrected chi connectivity index (χ0v) is 31.9. The van der Waals surface area contributed by atoms with Crippen molar-refractivity contribution in [2.45, 2.75) is 117 Å². The molecule has 1 aliphatic heterocycles. The summed E-state index contributed by atoms with van der Waals surface area (Å²) in [5.74, 6) is -2.97. The zero-order chi connectivity index (χ0) is 37.8. The summed E-state index contributed by atoms with van der Waals surface area (Å²) >= 11 is 0. The van der Waals surface area contributed by atoms with Gasteiger partial charge < -0.3 is 26.6 Å². The van der Waals surface area contributed by atoms with E-state index in [2.05, 4.69) is 16.0 Å². The molecule has 0 spiro atoms. The van der Waals surface area contributed by atoms with Gasteiger partial charge in [0.15, 0.2) is 0 Å². The highest BCUT2D eigenvalue weighted by atomic mass is 32.2. The average molecular weight is 719 g/mol. The lowest BCUT2D eigenvalue weighted by molar-refractivity contribution is -0.144. The number of Topliss-reactive ketones (excluding diaryl/α,β-unsaturated/α-hetero) is 1. The molecule has 1 unspecified atom stereocenters. The van der Waals surface area contributed by atoms with Gasteiger partial charge in [-0.05, 0) is 53.6 Å². The van der Waals surface area contributed by atoms with Gasteiger partial charge in [0, 0.05) is 26.2 Å². The molecule has 14 heteroatoms. The highest BCUT2D eigenvalue weighted by Gasteiger charge is 2.48. The Morgan fingerprint density at radius 3 is 2.00 bits per heavy atom. The second-order valence-electron chi connectivity index (χ2n) is 16.4. The van der Waals surface area contributed by atoms with Crippen LogP contribution in [0.5, 0.6) is 0 Å². The SMILES string of the molecule is CC(C)[C@H]1CCN(C(=O)[C@@H](NC(=O)N[C@H](CN(C)S(=O)(=O)c2ccccc2)C(C)(C)C)C(C)(C)C)[C@@H]1C(=O)NC(CC1CCC1)C(=O)C(N)=O. The zero-order valence-electron chi connectivity index (χ0n) is 31.1. The number of likely N-dealkylation sites (tertiary alicyclic amines) is 1. The molecule has 1 aliphatic carbocycles. The molecule has 3 rings (SSSR count). The number of primary amides is 1. The van der Waals surface area contributed by atoms with Gasteiger partial charge in [-0.1, -0.05) is 92.9 Å². The maximum Gasteiger partial charge on any atom is 0.315 e. The van der Waals surface area contributed by atoms with Crippen molar-refractivity contribution in [2.75, 3.05) is 20.1 Å². The van der Waals surface area contributed by atoms with Gasteiger partial charge in [0.1, 0.15) is 12.1 Å². The molecule has 0 bridgehead atoms. The van der Waals surface area contributed by atoms with Crippen LogP contribution in [-0.4, -0.2) is 91.5 Å². The van der Waals surface area contributed by atoms with E-state index in [0.29, 0.717) is 12.8 Å². The van der Waals surface area contributed by atoms with E-state index in [1.54, 1.807) is 18.2 Å². The van der Waals surface area contributed by atoms with E-state index >= 15 is 0 Å². The van der Waals surface area contributed by atoms with E-state index < -0.39 is 74.6 Å². The third-order valence-corrected chi connectivity index (χ3v) is 12.0. The minimum absolute atomic E-state index is 0.0153. The molecule has 0 radical (unpaired) electrons. The average Bonchev–Trinajstić information content (AvgIpc) is 3.45. The van der Waals surface area contributed by atoms with E-state index in [1.807, 2.05) is 55.4 Å². The molecule has 13 nitrogen and oxygen atoms in total. The van der Waals surface area contributed by atoms with Gasteiger partial charge in [-0.2, -0.15) is 4.31 Å². The van der Waals surface area contributed by atoms with Crippen LogP contribution < -0.4 is 21.7 Å². The number of likely N-dealkylation sites (N-methyl/N-ethyl adjacent to an activating group) is 1. The molecule has 2 fully saturated rings. The molecule has 2 aliphatic rings. The number of amides is 5. The summed E-state index contributed by atoms with van der Waals surface area (Å²) in [5.41, 5.74) is 3.98. The lowest BCUT2D eigenvalue weighted by atomic mass is 9.80. The van der Waals surface area contributed by atoms with E-state index in [-0.39, 0.29) is 35.7 Å². The number of carbonyl (C=O) groups excluding carboxylic acids is 5. The number of benzene rings is 1. The maximum atomic E-state index is 14.4. The lowest BCUT2D eigenvalue weighted by Crippen LogP contribution is -2.62. The molecule has 50 heavy (non-hydrogen) atoms. The van der Waals surface area contributed by atoms with Crippen LogP contribution >= 0.6 is 0 Å². The summed E-state index contributed by atoms with van der Waals surface area (Å²) in [5, 5.41) is 8.53. The normalized spacial score (nSPS) is 20.5. The second-order valence-corrected chi connectivity index (χ2v) is 18.5. The standard InChI is InChI=1S/C36H58N6O7S/c1-22(2)25-18-19-42(28(25)32(45)38-26(29(43)31(37)44)20-23-14-13-15-23)33(46)30(36(6,7)8)40-34(47)39-27(35(3,4)5)21-41(9)50(48,49)24-16-11-10-12-17-24/h10-12,16-17,22-23,25-28,30H,13-15,18-21H2,1-9H3,(H2,37,44)(H,38,45)(H2,39,40,47)/t25-,26?,27-,28+,30-/m1/s1. The molecule has 5 amide bonds. The van der Waals surface area contributed by atoms with Crippen molar-refractivity contribution < 1.29 is 32.4 Å². The van der Waals surface area contributed by atoms with Crippen LogP contribution in [-0.2, 0) is 29.2 Å². The fourth-order valence-corrected chi connectivity index (χ4v) is 7.84. The maximum absolute atomic E-state index is 14.4. The molecule has 1 heterocycles. The Labute approximate surface area is 297 Å². The Hall–Kier alpha value is -3.52. The van der Waals surface area contributed by atoms with Crippen LogP contribution in [0.25, 0.3) is 0 Å². The molecule has 280 valence electrons. The van der Waals surface area contributed by atoms with Gasteiger partial charge in [-0.15, -0.1) is 0 Å². The van der Waals surface area contributed by atoms with Crippen molar-refractivity contribution in [3.05, 3.63) is 30.3 Å². The number of urea groups is 1. The minimum Gasteiger partial charge on any atom is -0.363 e. The van der Waals surface area contributed by atoms with E-state index in [9.17, 15) is 32.4 Å². The number of rotatable bonds is 14. The number of nitrogens with one attached hydrogen (secondary N) is 3. The Balaban J connectivity index is 1.83. The van der Waals surface area contributed by atoms with Crippen LogP contribution in [0.2, 0.25) is 0 Å². The quantitative estimate of drug-likeness (QED) is 0.213. The number of ketones is 1. The molecule has 1 aromatic rings. The largest absolute Gasteiger partial charge is 0.363 e. The highest BCUT2D eigenvalue weighted by molar-refractivity contribution is 7.89. The molecule has 1 aromatic carbocycles. The second kappa shape index (κ2) is 16.2. The van der Waals surface area contributed by atoms with Crippen molar-refractivity contribution >= 4 is 39.6 Å². The predicted molar refractivity (Wildman–Crippen MR) is 191 cm³/mol. The number of hydrogen-bond acceptors (Lipinski definition) is 7. The molecule has 5 atom stereocenters. The molecule has 0 aromatic heterocycles. The molecular formula is C36H58N6O7S. The van der Waals surface area contributed by atoms with Crippen LogP contribution in [0.3, 0.4) is 0 Å². The number of carbonyl (C=O) groups is 5. The Morgan fingerprint density at radius 2 is 1.52 bits per heavy atom. The van der Waals surface area contributed by atoms with Gasteiger partial charge >= 0.3 is 6.03 Å². The summed E-state index contributed by atoms with van der Waals surface area (Å²) in [4.78, 5) is 68.3. The van der Waals surface area contributed by atoms with Gasteiger partial charge in [-0.25, -0.2) is 13.2 Å². The number of nitrogens with zero attached hydrogens (tertiary/aromatic N) is 2. The Bertz CT molecular complexity index is 1500. The van der Waals surface area contributed by atoms with Crippen LogP contribution in [0.1, 0.15) is 87.5 Å². The topological polar surface area (TPSA) is 188 Å². The van der Waals surface area contributed by atoms with Gasteiger partial charge in [0.25, 0.3) is 5.91 Å². The van der Waals surface area contributed by atoms with Crippen molar-refractivity contribution in [1.82, 2.24) is 25.2 Å². The molecular weight excluding hydrogens is 660 g/mol. The highest BCUT2D eigenvalue weighted by Crippen LogP contribution is 2.35. The van der Waals surface area contributed by atoms with E-state index in [4.69, 9.17) is 5.73 Å². The summed E-state index contributed by atoms with van der Waals surface area (Å²) in [7, 11) is -2.38. The molecule has 5 N–H and O–H groups in total. The van der Waals surface area contributed by atoms with Crippen LogP contribution in [0.15, 0.2) is 35.2 Å². The molecule has 1 saturated carbocycles. The Kier molecular flexibility index (Phi) is 13.3. The van der Waals surface area contributed by atoms with Crippen molar-refractivity contribution in [2.24, 2.45) is 34.3 Å². The number of hydrogen-bond donors (Lipinski definition) is 4. The first-order chi connectivity index (χ1) is 23.0. The third kappa shape index (κ3) is 10.0. The number of sulfonamides is 1. The summed E-state index contributed by atoms with van der Waals surface area (Å²) < 4.78 is 27.7. The summed E-state index contributed by atoms with van der Waals surface area (Å²) in [6.45, 7) is 15.2. The number of nitrogens with two attached hydrogens (primary N) is 1. The van der Waals surface area contributed by atoms with Gasteiger partial charge in [0.2, 0.25) is 27.6 Å². The van der Waals surface area contributed by atoms with E-state index in [0.717, 1.165) is 19.3 Å². The fourth-order valence-electron chi connectivity index (χ4n) is 6.63. The smallest absolute Gasteiger partial charge is 0.315 e. The van der Waals surface area contributed by atoms with Gasteiger partial charge in [0.05, 0.1) is 10.9 Å². The third-order valence-electron chi connectivity index (χ3n) is 10.2. The predicted octanol–water partition coefficient (Wildman–Crippen LogP) is 3.04. The summed E-state index contributed by atoms with van der Waals surface area (Å²) in [6, 6.07) is 3.67. The van der Waals surface area contributed by atoms with Crippen molar-refractivity contribution in [3.8, 4) is 0 Å². The van der Waals surface area contributed by atoms with Crippen LogP contribution in [0.4, 0.5) is 4.79 Å². The fraction of sp³-hybridized carbons (Fsp3) is 0.694. The lowest BCUT2D eigenvalue weighted by Gasteiger charge is -2.38. The van der Waals surface area contributed by atoms with Crippen molar-refractivity contribution in [1.29, 1.82) is 0 Å². The first-order valence-electron chi connectivity index (χ1n) is 17.6. The summed E-state index contributed by atoms with van der Waals surface area (Å²) in [6.07, 6.45) is 3.67. The first-order valence-corrected chi connectivity index (χ1v) is 19.0. The van der Waals surface area contributed by atoms with Gasteiger partial charge in [-0.3, -0.25) is 19.2 Å². The minimum atomic E-state index is -3.84. The first kappa shape index (κ1) is 40.9.